The normalized spacial score (nSPS) is 10.9. The molecule has 0 aromatic heterocycles. The van der Waals surface area contributed by atoms with Crippen molar-refractivity contribution in [2.24, 2.45) is 5.92 Å². The van der Waals surface area contributed by atoms with Gasteiger partial charge in [0, 0.05) is 12.8 Å². The van der Waals surface area contributed by atoms with Crippen LogP contribution in [0.2, 0.25) is 0 Å². The first kappa shape index (κ1) is 25.2. The second-order valence-electron chi connectivity index (χ2n) is 8.23. The summed E-state index contributed by atoms with van der Waals surface area (Å²) in [5.41, 5.74) is 1.01. The molecule has 0 heterocycles. The molecule has 0 amide bonds. The topological polar surface area (TPSA) is 52.6 Å². The van der Waals surface area contributed by atoms with Crippen LogP contribution in [0.1, 0.15) is 96.5 Å². The third kappa shape index (κ3) is 15.7. The number of unbranched alkanes of at least 4 members (excludes halogenated alkanes) is 7. The van der Waals surface area contributed by atoms with Crippen LogP contribution in [0.3, 0.4) is 0 Å². The molecule has 1 rings (SSSR count). The van der Waals surface area contributed by atoms with Crippen LogP contribution >= 0.6 is 0 Å². The lowest BCUT2D eigenvalue weighted by Crippen LogP contribution is -2.06. The molecule has 0 saturated heterocycles. The molecule has 1 aromatic rings. The quantitative estimate of drug-likeness (QED) is 0.216. The number of esters is 2. The third-order valence-corrected chi connectivity index (χ3v) is 4.94. The van der Waals surface area contributed by atoms with Gasteiger partial charge in [0.15, 0.2) is 0 Å². The van der Waals surface area contributed by atoms with E-state index in [2.05, 4.69) is 13.8 Å². The van der Waals surface area contributed by atoms with Crippen molar-refractivity contribution >= 4 is 11.9 Å². The Labute approximate surface area is 177 Å². The van der Waals surface area contributed by atoms with Gasteiger partial charge in [-0.05, 0) is 30.7 Å². The zero-order chi connectivity index (χ0) is 21.2. The molecule has 4 nitrogen and oxygen atoms in total. The molecule has 0 unspecified atom stereocenters. The minimum atomic E-state index is -0.155. The van der Waals surface area contributed by atoms with Gasteiger partial charge in [0.2, 0.25) is 0 Å². The first-order valence-electron chi connectivity index (χ1n) is 11.4. The van der Waals surface area contributed by atoms with Crippen molar-refractivity contribution < 1.29 is 19.1 Å². The molecule has 0 radical (unpaired) electrons. The molecular formula is C25H40O4. The van der Waals surface area contributed by atoms with E-state index in [1.54, 1.807) is 0 Å². The molecule has 0 bridgehead atoms. The first-order chi connectivity index (χ1) is 14.1. The monoisotopic (exact) mass is 404 g/mol. The summed E-state index contributed by atoms with van der Waals surface area (Å²) in [6.45, 7) is 5.42. The number of carbonyl (C=O) groups excluding carboxylic acids is 2. The van der Waals surface area contributed by atoms with E-state index in [0.29, 0.717) is 26.1 Å². The number of hydrogen-bond donors (Lipinski definition) is 0. The van der Waals surface area contributed by atoms with Gasteiger partial charge in [-0.25, -0.2) is 0 Å². The van der Waals surface area contributed by atoms with Gasteiger partial charge >= 0.3 is 11.9 Å². The van der Waals surface area contributed by atoms with Crippen molar-refractivity contribution in [3.05, 3.63) is 35.9 Å². The number of benzene rings is 1. The molecule has 0 aliphatic heterocycles. The van der Waals surface area contributed by atoms with Crippen LogP contribution in [0.5, 0.6) is 0 Å². The van der Waals surface area contributed by atoms with Crippen LogP contribution in [0.15, 0.2) is 30.3 Å². The summed E-state index contributed by atoms with van der Waals surface area (Å²) < 4.78 is 10.5. The predicted octanol–water partition coefficient (Wildman–Crippen LogP) is 6.61. The molecule has 0 N–H and O–H groups in total. The SMILES string of the molecule is CC(C)CCCCCCCOC(=O)CCCCCCC(=O)OCc1ccccc1. The predicted molar refractivity (Wildman–Crippen MR) is 117 cm³/mol. The molecule has 0 aliphatic rings. The Morgan fingerprint density at radius 3 is 1.93 bits per heavy atom. The number of carbonyl (C=O) groups is 2. The average Bonchev–Trinajstić information content (AvgIpc) is 2.71. The summed E-state index contributed by atoms with van der Waals surface area (Å²) in [5.74, 6) is 0.550. The van der Waals surface area contributed by atoms with Crippen LogP contribution in [0, 0.1) is 5.92 Å². The van der Waals surface area contributed by atoms with Crippen LogP contribution < -0.4 is 0 Å². The maximum atomic E-state index is 11.7. The summed E-state index contributed by atoms with van der Waals surface area (Å²) in [5, 5.41) is 0. The Kier molecular flexibility index (Phi) is 14.8. The standard InChI is InChI=1S/C25H40O4/c1-22(2)15-9-4-3-7-14-20-28-24(26)18-12-5-6-13-19-25(27)29-21-23-16-10-8-11-17-23/h8,10-11,16-17,22H,3-7,9,12-15,18-21H2,1-2H3. The van der Waals surface area contributed by atoms with E-state index in [1.807, 2.05) is 30.3 Å². The van der Waals surface area contributed by atoms with Gasteiger partial charge in [-0.2, -0.15) is 0 Å². The Hall–Kier alpha value is -1.84. The van der Waals surface area contributed by atoms with Crippen molar-refractivity contribution in [2.75, 3.05) is 6.61 Å². The van der Waals surface area contributed by atoms with Gasteiger partial charge in [0.25, 0.3) is 0 Å². The molecule has 1 aromatic carbocycles. The molecular weight excluding hydrogens is 364 g/mol. The van der Waals surface area contributed by atoms with E-state index < -0.39 is 0 Å². The first-order valence-corrected chi connectivity index (χ1v) is 11.4. The summed E-state index contributed by atoms with van der Waals surface area (Å²) in [7, 11) is 0. The van der Waals surface area contributed by atoms with E-state index >= 15 is 0 Å². The van der Waals surface area contributed by atoms with Gasteiger partial charge in [-0.15, -0.1) is 0 Å². The fraction of sp³-hybridized carbons (Fsp3) is 0.680. The molecule has 0 atom stereocenters. The van der Waals surface area contributed by atoms with Crippen LogP contribution in [0.4, 0.5) is 0 Å². The van der Waals surface area contributed by atoms with E-state index in [0.717, 1.165) is 50.0 Å². The van der Waals surface area contributed by atoms with E-state index in [9.17, 15) is 9.59 Å². The average molecular weight is 405 g/mol. The minimum absolute atomic E-state index is 0.0907. The zero-order valence-electron chi connectivity index (χ0n) is 18.5. The van der Waals surface area contributed by atoms with Crippen molar-refractivity contribution in [1.82, 2.24) is 0 Å². The second-order valence-corrected chi connectivity index (χ2v) is 8.23. The van der Waals surface area contributed by atoms with Gasteiger partial charge < -0.3 is 9.47 Å². The molecule has 0 spiro atoms. The largest absolute Gasteiger partial charge is 0.466 e. The van der Waals surface area contributed by atoms with Gasteiger partial charge in [-0.3, -0.25) is 9.59 Å². The molecule has 164 valence electrons. The molecule has 0 aliphatic carbocycles. The highest BCUT2D eigenvalue weighted by Gasteiger charge is 2.05. The van der Waals surface area contributed by atoms with Crippen molar-refractivity contribution in [3.8, 4) is 0 Å². The Morgan fingerprint density at radius 1 is 0.724 bits per heavy atom. The summed E-state index contributed by atoms with van der Waals surface area (Å²) in [6, 6.07) is 9.70. The van der Waals surface area contributed by atoms with Crippen LogP contribution in [0.25, 0.3) is 0 Å². The van der Waals surface area contributed by atoms with Crippen molar-refractivity contribution in [3.63, 3.8) is 0 Å². The smallest absolute Gasteiger partial charge is 0.306 e. The zero-order valence-corrected chi connectivity index (χ0v) is 18.5. The lowest BCUT2D eigenvalue weighted by atomic mass is 10.0. The third-order valence-electron chi connectivity index (χ3n) is 4.94. The summed E-state index contributed by atoms with van der Waals surface area (Å²) in [4.78, 5) is 23.4. The van der Waals surface area contributed by atoms with Gasteiger partial charge in [0.1, 0.15) is 6.61 Å². The lowest BCUT2D eigenvalue weighted by Gasteiger charge is -2.06. The number of hydrogen-bond acceptors (Lipinski definition) is 4. The van der Waals surface area contributed by atoms with Gasteiger partial charge in [0.05, 0.1) is 6.61 Å². The lowest BCUT2D eigenvalue weighted by molar-refractivity contribution is -0.145. The minimum Gasteiger partial charge on any atom is -0.466 e. The molecule has 0 saturated carbocycles. The van der Waals surface area contributed by atoms with Crippen molar-refractivity contribution in [1.29, 1.82) is 0 Å². The molecule has 4 heteroatoms. The number of ether oxygens (including phenoxy) is 2. The maximum Gasteiger partial charge on any atom is 0.306 e. The Bertz CT molecular complexity index is 539. The fourth-order valence-electron chi connectivity index (χ4n) is 3.15. The van der Waals surface area contributed by atoms with E-state index in [4.69, 9.17) is 9.47 Å². The maximum absolute atomic E-state index is 11.7. The highest BCUT2D eigenvalue weighted by atomic mass is 16.5. The second kappa shape index (κ2) is 17.1. The Morgan fingerprint density at radius 2 is 1.28 bits per heavy atom. The van der Waals surface area contributed by atoms with Gasteiger partial charge in [-0.1, -0.05) is 89.1 Å². The Balaban J connectivity index is 1.85. The van der Waals surface area contributed by atoms with Crippen molar-refractivity contribution in [2.45, 2.75) is 97.5 Å². The van der Waals surface area contributed by atoms with E-state index in [1.165, 1.54) is 25.7 Å². The summed E-state index contributed by atoms with van der Waals surface area (Å²) in [6.07, 6.45) is 11.7. The number of rotatable bonds is 17. The molecule has 0 fully saturated rings. The van der Waals surface area contributed by atoms with E-state index in [-0.39, 0.29) is 11.9 Å². The van der Waals surface area contributed by atoms with Crippen LogP contribution in [-0.4, -0.2) is 18.5 Å². The van der Waals surface area contributed by atoms with Crippen LogP contribution in [-0.2, 0) is 25.7 Å². The highest BCUT2D eigenvalue weighted by Crippen LogP contribution is 2.11. The molecule has 29 heavy (non-hydrogen) atoms. The summed E-state index contributed by atoms with van der Waals surface area (Å²) >= 11 is 0. The highest BCUT2D eigenvalue weighted by molar-refractivity contribution is 5.69. The fourth-order valence-corrected chi connectivity index (χ4v) is 3.15.